The number of hydrogen-bond donors (Lipinski definition) is 1. The highest BCUT2D eigenvalue weighted by Gasteiger charge is 2.08. The quantitative estimate of drug-likeness (QED) is 0.661. The molecule has 0 heterocycles. The summed E-state index contributed by atoms with van der Waals surface area (Å²) < 4.78 is 11.7. The molecule has 0 aromatic rings. The number of rotatable bonds is 3. The average Bonchev–Trinajstić information content (AvgIpc) is 1.84. The van der Waals surface area contributed by atoms with E-state index in [0.717, 1.165) is 6.42 Å². The molecule has 0 unspecified atom stereocenters. The Morgan fingerprint density at radius 3 is 2.11 bits per heavy atom. The second-order valence-corrected chi connectivity index (χ2v) is 2.20. The summed E-state index contributed by atoms with van der Waals surface area (Å²) in [6, 6.07) is -0.250. The van der Waals surface area contributed by atoms with Gasteiger partial charge in [-0.1, -0.05) is 20.3 Å². The predicted octanol–water partition coefficient (Wildman–Crippen LogP) is 1.75. The van der Waals surface area contributed by atoms with Crippen LogP contribution in [0.25, 0.3) is 0 Å². The molecular formula is C6H15ClFN. The second kappa shape index (κ2) is 6.30. The molecule has 0 saturated carbocycles. The third kappa shape index (κ3) is 4.67. The molecule has 9 heavy (non-hydrogen) atoms. The normalized spacial score (nSPS) is 16.0. The van der Waals surface area contributed by atoms with Gasteiger partial charge in [-0.3, -0.25) is 0 Å². The first kappa shape index (κ1) is 11.9. The van der Waals surface area contributed by atoms with Crippen LogP contribution in [0.4, 0.5) is 4.39 Å². The van der Waals surface area contributed by atoms with E-state index in [1.165, 1.54) is 0 Å². The summed E-state index contributed by atoms with van der Waals surface area (Å²) in [7, 11) is 0. The van der Waals surface area contributed by atoms with Crippen LogP contribution in [0.5, 0.6) is 0 Å². The Bertz CT molecular complexity index is 53.0. The number of halogens is 2. The van der Waals surface area contributed by atoms with Crippen LogP contribution in [0.15, 0.2) is 0 Å². The number of hydrogen-bond acceptors (Lipinski definition) is 1. The molecule has 0 aliphatic heterocycles. The molecular weight excluding hydrogens is 141 g/mol. The summed E-state index contributed by atoms with van der Waals surface area (Å²) in [6.45, 7) is 3.58. The average molecular weight is 156 g/mol. The van der Waals surface area contributed by atoms with E-state index in [4.69, 9.17) is 5.73 Å². The zero-order valence-corrected chi connectivity index (χ0v) is 6.75. The van der Waals surface area contributed by atoms with Crippen LogP contribution in [-0.4, -0.2) is 12.7 Å². The maximum absolute atomic E-state index is 11.7. The maximum Gasteiger partial charge on any atom is 0.105 e. The van der Waals surface area contributed by atoms with Crippen LogP contribution in [0.1, 0.15) is 20.3 Å². The van der Waals surface area contributed by atoms with E-state index in [-0.39, 0.29) is 18.4 Å². The van der Waals surface area contributed by atoms with Crippen molar-refractivity contribution in [2.45, 2.75) is 26.3 Å². The van der Waals surface area contributed by atoms with Crippen LogP contribution in [-0.2, 0) is 0 Å². The van der Waals surface area contributed by atoms with Crippen molar-refractivity contribution < 1.29 is 4.39 Å². The van der Waals surface area contributed by atoms with E-state index in [1.807, 2.05) is 13.8 Å². The monoisotopic (exact) mass is 155 g/mol. The Morgan fingerprint density at radius 2 is 2.00 bits per heavy atom. The van der Waals surface area contributed by atoms with Crippen molar-refractivity contribution in [1.82, 2.24) is 0 Å². The van der Waals surface area contributed by atoms with E-state index in [2.05, 4.69) is 0 Å². The zero-order valence-electron chi connectivity index (χ0n) is 5.93. The summed E-state index contributed by atoms with van der Waals surface area (Å²) in [5, 5.41) is 0. The van der Waals surface area contributed by atoms with Crippen LogP contribution in [0, 0.1) is 5.92 Å². The van der Waals surface area contributed by atoms with Crippen molar-refractivity contribution in [3.63, 3.8) is 0 Å². The SMILES string of the molecule is CC[C@H](C)[C@H](N)CF.Cl. The highest BCUT2D eigenvalue weighted by Crippen LogP contribution is 2.04. The molecule has 0 fully saturated rings. The molecule has 0 rings (SSSR count). The number of nitrogens with two attached hydrogens (primary N) is 1. The lowest BCUT2D eigenvalue weighted by molar-refractivity contribution is 0.343. The van der Waals surface area contributed by atoms with E-state index in [1.54, 1.807) is 0 Å². The summed E-state index contributed by atoms with van der Waals surface area (Å²) in [6.07, 6.45) is 0.963. The standard InChI is InChI=1S/C6H14FN.ClH/c1-3-5(2)6(8)4-7;/h5-6H,3-4,8H2,1-2H3;1H/t5-,6+;/m0./s1. The second-order valence-electron chi connectivity index (χ2n) is 2.20. The molecule has 0 spiro atoms. The van der Waals surface area contributed by atoms with Gasteiger partial charge in [-0.25, -0.2) is 4.39 Å². The maximum atomic E-state index is 11.7. The topological polar surface area (TPSA) is 26.0 Å². The molecule has 58 valence electrons. The molecule has 0 aromatic carbocycles. The van der Waals surface area contributed by atoms with Crippen LogP contribution in [0.3, 0.4) is 0 Å². The van der Waals surface area contributed by atoms with Gasteiger partial charge in [-0.2, -0.15) is 0 Å². The van der Waals surface area contributed by atoms with E-state index in [9.17, 15) is 4.39 Å². The highest BCUT2D eigenvalue weighted by molar-refractivity contribution is 5.85. The first-order valence-corrected chi connectivity index (χ1v) is 3.03. The fourth-order valence-electron chi connectivity index (χ4n) is 0.455. The summed E-state index contributed by atoms with van der Waals surface area (Å²) in [5.74, 6) is 0.319. The minimum atomic E-state index is -0.394. The summed E-state index contributed by atoms with van der Waals surface area (Å²) >= 11 is 0. The van der Waals surface area contributed by atoms with Gasteiger partial charge in [0, 0.05) is 6.04 Å². The van der Waals surface area contributed by atoms with Crippen molar-refractivity contribution in [3.05, 3.63) is 0 Å². The third-order valence-corrected chi connectivity index (χ3v) is 1.55. The summed E-state index contributed by atoms with van der Waals surface area (Å²) in [5.41, 5.74) is 5.35. The van der Waals surface area contributed by atoms with Crippen molar-refractivity contribution in [2.24, 2.45) is 11.7 Å². The third-order valence-electron chi connectivity index (χ3n) is 1.55. The van der Waals surface area contributed by atoms with Crippen LogP contribution < -0.4 is 5.73 Å². The van der Waals surface area contributed by atoms with Gasteiger partial charge in [0.15, 0.2) is 0 Å². The molecule has 0 saturated heterocycles. The lowest BCUT2D eigenvalue weighted by Gasteiger charge is -2.12. The molecule has 3 heteroatoms. The fraction of sp³-hybridized carbons (Fsp3) is 1.00. The van der Waals surface area contributed by atoms with Gasteiger partial charge in [0.25, 0.3) is 0 Å². The molecule has 0 aliphatic rings. The highest BCUT2D eigenvalue weighted by atomic mass is 35.5. The van der Waals surface area contributed by atoms with Crippen molar-refractivity contribution >= 4 is 12.4 Å². The molecule has 0 aromatic heterocycles. The molecule has 0 radical (unpaired) electrons. The lowest BCUT2D eigenvalue weighted by Crippen LogP contribution is -2.29. The molecule has 2 atom stereocenters. The van der Waals surface area contributed by atoms with Gasteiger partial charge in [-0.15, -0.1) is 12.4 Å². The van der Waals surface area contributed by atoms with Gasteiger partial charge in [-0.05, 0) is 5.92 Å². The van der Waals surface area contributed by atoms with Gasteiger partial charge < -0.3 is 5.73 Å². The van der Waals surface area contributed by atoms with Crippen molar-refractivity contribution in [2.75, 3.05) is 6.67 Å². The Hall–Kier alpha value is 0.180. The molecule has 0 aliphatic carbocycles. The van der Waals surface area contributed by atoms with Gasteiger partial charge in [0.05, 0.1) is 0 Å². The molecule has 1 nitrogen and oxygen atoms in total. The molecule has 0 amide bonds. The minimum absolute atomic E-state index is 0. The van der Waals surface area contributed by atoms with Gasteiger partial charge in [0.2, 0.25) is 0 Å². The minimum Gasteiger partial charge on any atom is -0.325 e. The smallest absolute Gasteiger partial charge is 0.105 e. The summed E-state index contributed by atoms with van der Waals surface area (Å²) in [4.78, 5) is 0. The zero-order chi connectivity index (χ0) is 6.57. The lowest BCUT2D eigenvalue weighted by atomic mass is 10.0. The van der Waals surface area contributed by atoms with Crippen LogP contribution in [0.2, 0.25) is 0 Å². The Balaban J connectivity index is 0. The van der Waals surface area contributed by atoms with Crippen molar-refractivity contribution in [1.29, 1.82) is 0 Å². The van der Waals surface area contributed by atoms with Gasteiger partial charge in [0.1, 0.15) is 6.67 Å². The van der Waals surface area contributed by atoms with Crippen molar-refractivity contribution in [3.8, 4) is 0 Å². The van der Waals surface area contributed by atoms with Gasteiger partial charge >= 0.3 is 0 Å². The van der Waals surface area contributed by atoms with Crippen LogP contribution >= 0.6 is 12.4 Å². The first-order valence-electron chi connectivity index (χ1n) is 3.03. The Morgan fingerprint density at radius 1 is 1.56 bits per heavy atom. The van der Waals surface area contributed by atoms with E-state index < -0.39 is 6.67 Å². The Kier molecular flexibility index (Phi) is 8.34. The first-order chi connectivity index (χ1) is 3.72. The molecule has 0 bridgehead atoms. The Labute approximate surface area is 62.2 Å². The largest absolute Gasteiger partial charge is 0.325 e. The fourth-order valence-corrected chi connectivity index (χ4v) is 0.455. The predicted molar refractivity (Wildman–Crippen MR) is 40.7 cm³/mol. The molecule has 2 N–H and O–H groups in total. The number of alkyl halides is 1. The van der Waals surface area contributed by atoms with E-state index in [0.29, 0.717) is 5.92 Å². The van der Waals surface area contributed by atoms with E-state index >= 15 is 0 Å².